The van der Waals surface area contributed by atoms with Gasteiger partial charge < -0.3 is 4.98 Å². The second kappa shape index (κ2) is 7.04. The van der Waals surface area contributed by atoms with Gasteiger partial charge in [0.05, 0.1) is 6.20 Å². The molecule has 0 amide bonds. The van der Waals surface area contributed by atoms with Crippen molar-refractivity contribution in [1.29, 1.82) is 0 Å². The number of hydrogen-bond donors (Lipinski definition) is 1. The Hall–Kier alpha value is -3.08. The summed E-state index contributed by atoms with van der Waals surface area (Å²) in [7, 11) is 0. The fourth-order valence-electron chi connectivity index (χ4n) is 3.10. The van der Waals surface area contributed by atoms with Crippen molar-refractivity contribution in [2.75, 3.05) is 0 Å². The van der Waals surface area contributed by atoms with Crippen LogP contribution in [0.4, 0.5) is 4.39 Å². The highest BCUT2D eigenvalue weighted by Crippen LogP contribution is 2.20. The van der Waals surface area contributed by atoms with Gasteiger partial charge in [0.1, 0.15) is 11.5 Å². The zero-order chi connectivity index (χ0) is 17.9. The monoisotopic (exact) mass is 346 g/mol. The lowest BCUT2D eigenvalue weighted by molar-refractivity contribution is 0.618. The topological polar surface area (TPSA) is 54.5 Å². The van der Waals surface area contributed by atoms with Gasteiger partial charge in [-0.1, -0.05) is 6.07 Å². The highest BCUT2D eigenvalue weighted by molar-refractivity contribution is 5.80. The molecule has 4 heterocycles. The number of nitrogens with zero attached hydrogens (tertiary/aromatic N) is 3. The molecule has 4 rings (SSSR count). The molecule has 0 aromatic carbocycles. The molecule has 4 aromatic rings. The van der Waals surface area contributed by atoms with Gasteiger partial charge in [-0.05, 0) is 60.2 Å². The van der Waals surface area contributed by atoms with Crippen LogP contribution in [0.25, 0.3) is 11.0 Å². The van der Waals surface area contributed by atoms with Crippen LogP contribution in [0.3, 0.4) is 0 Å². The van der Waals surface area contributed by atoms with Gasteiger partial charge in [0.2, 0.25) is 0 Å². The number of pyridine rings is 3. The van der Waals surface area contributed by atoms with E-state index in [1.807, 2.05) is 31.6 Å². The minimum Gasteiger partial charge on any atom is -0.346 e. The first-order chi connectivity index (χ1) is 12.7. The number of rotatable bonds is 5. The number of aromatic nitrogens is 4. The third-order valence-corrected chi connectivity index (χ3v) is 4.47. The van der Waals surface area contributed by atoms with Crippen molar-refractivity contribution in [3.63, 3.8) is 0 Å². The summed E-state index contributed by atoms with van der Waals surface area (Å²) in [5.41, 5.74) is 6.32. The molecule has 0 bridgehead atoms. The van der Waals surface area contributed by atoms with Crippen molar-refractivity contribution >= 4 is 11.0 Å². The Morgan fingerprint density at radius 1 is 0.962 bits per heavy atom. The second-order valence-corrected chi connectivity index (χ2v) is 6.57. The van der Waals surface area contributed by atoms with E-state index in [-0.39, 0.29) is 5.82 Å². The molecule has 130 valence electrons. The Labute approximate surface area is 151 Å². The molecule has 4 aromatic heterocycles. The normalized spacial score (nSPS) is 11.2. The lowest BCUT2D eigenvalue weighted by Crippen LogP contribution is -1.97. The van der Waals surface area contributed by atoms with Crippen LogP contribution in [-0.4, -0.2) is 19.9 Å². The quantitative estimate of drug-likeness (QED) is 0.590. The fourth-order valence-corrected chi connectivity index (χ4v) is 3.10. The smallest absolute Gasteiger partial charge is 0.141 e. The minimum atomic E-state index is -0.297. The Bertz CT molecular complexity index is 1040. The molecule has 0 fully saturated rings. The average molecular weight is 346 g/mol. The summed E-state index contributed by atoms with van der Waals surface area (Å²) in [5.74, 6) is -0.297. The van der Waals surface area contributed by atoms with Crippen LogP contribution in [0, 0.1) is 12.7 Å². The zero-order valence-electron chi connectivity index (χ0n) is 14.5. The van der Waals surface area contributed by atoms with Gasteiger partial charge in [-0.25, -0.2) is 9.37 Å². The van der Waals surface area contributed by atoms with Crippen molar-refractivity contribution in [3.05, 3.63) is 89.0 Å². The van der Waals surface area contributed by atoms with E-state index < -0.39 is 0 Å². The number of nitrogens with one attached hydrogen (secondary N) is 1. The molecule has 26 heavy (non-hydrogen) atoms. The van der Waals surface area contributed by atoms with Gasteiger partial charge in [-0.3, -0.25) is 9.97 Å². The molecule has 0 aliphatic heterocycles. The van der Waals surface area contributed by atoms with Gasteiger partial charge in [0, 0.05) is 42.3 Å². The Morgan fingerprint density at radius 3 is 2.69 bits per heavy atom. The van der Waals surface area contributed by atoms with E-state index in [1.54, 1.807) is 6.20 Å². The van der Waals surface area contributed by atoms with Crippen LogP contribution >= 0.6 is 0 Å². The molecule has 0 saturated carbocycles. The Morgan fingerprint density at radius 2 is 1.88 bits per heavy atom. The van der Waals surface area contributed by atoms with Crippen LogP contribution in [0.1, 0.15) is 27.9 Å². The van der Waals surface area contributed by atoms with E-state index in [4.69, 9.17) is 0 Å². The highest BCUT2D eigenvalue weighted by Gasteiger charge is 2.07. The number of aryl methyl sites for hydroxylation is 3. The molecule has 0 spiro atoms. The highest BCUT2D eigenvalue weighted by atomic mass is 19.1. The summed E-state index contributed by atoms with van der Waals surface area (Å²) in [6.07, 6.45) is 11.0. The molecular weight excluding hydrogens is 327 g/mol. The molecule has 5 heteroatoms. The largest absolute Gasteiger partial charge is 0.346 e. The van der Waals surface area contributed by atoms with Gasteiger partial charge in [0.15, 0.2) is 0 Å². The number of halogens is 1. The van der Waals surface area contributed by atoms with E-state index >= 15 is 0 Å². The summed E-state index contributed by atoms with van der Waals surface area (Å²) in [5, 5.41) is 1.16. The number of H-pyrrole nitrogens is 1. The van der Waals surface area contributed by atoms with Crippen LogP contribution in [-0.2, 0) is 19.3 Å². The zero-order valence-corrected chi connectivity index (χ0v) is 14.5. The number of aromatic amines is 1. The lowest BCUT2D eigenvalue weighted by atomic mass is 10.0. The van der Waals surface area contributed by atoms with Gasteiger partial charge >= 0.3 is 0 Å². The molecule has 1 N–H and O–H groups in total. The molecule has 0 radical (unpaired) electrons. The number of fused-ring (bicyclic) bond motifs is 1. The summed E-state index contributed by atoms with van der Waals surface area (Å²) >= 11 is 0. The molecular formula is C21H19FN4. The average Bonchev–Trinajstić information content (AvgIpc) is 3.03. The Balaban J connectivity index is 1.44. The van der Waals surface area contributed by atoms with Gasteiger partial charge in [-0.2, -0.15) is 0 Å². The van der Waals surface area contributed by atoms with Crippen LogP contribution in [0.5, 0.6) is 0 Å². The Kier molecular flexibility index (Phi) is 4.44. The van der Waals surface area contributed by atoms with E-state index in [0.717, 1.165) is 52.7 Å². The maximum absolute atomic E-state index is 13.2. The minimum absolute atomic E-state index is 0.297. The number of hydrogen-bond acceptors (Lipinski definition) is 3. The summed E-state index contributed by atoms with van der Waals surface area (Å²) in [6, 6.07) is 7.83. The lowest BCUT2D eigenvalue weighted by Gasteiger charge is -2.04. The summed E-state index contributed by atoms with van der Waals surface area (Å²) < 4.78 is 13.2. The van der Waals surface area contributed by atoms with E-state index in [0.29, 0.717) is 0 Å². The standard InChI is InChI=1S/C21H19FN4/c1-14-6-20-17(12-26-21(20)25-9-14)7-15-2-4-19(24-11-15)5-3-16-8-18(22)13-23-10-16/h2,4,6,8-13H,3,5,7H2,1H3,(H,25,26). The van der Waals surface area contributed by atoms with E-state index in [2.05, 4.69) is 32.1 Å². The summed E-state index contributed by atoms with van der Waals surface area (Å²) in [6.45, 7) is 2.05. The fraction of sp³-hybridized carbons (Fsp3) is 0.190. The van der Waals surface area contributed by atoms with Crippen LogP contribution < -0.4 is 0 Å². The van der Waals surface area contributed by atoms with Crippen LogP contribution in [0.2, 0.25) is 0 Å². The predicted molar refractivity (Wildman–Crippen MR) is 99.5 cm³/mol. The third kappa shape index (κ3) is 3.61. The van der Waals surface area contributed by atoms with Crippen molar-refractivity contribution in [2.24, 2.45) is 0 Å². The van der Waals surface area contributed by atoms with Gasteiger partial charge in [-0.15, -0.1) is 0 Å². The second-order valence-electron chi connectivity index (χ2n) is 6.57. The van der Waals surface area contributed by atoms with Crippen molar-refractivity contribution < 1.29 is 4.39 Å². The van der Waals surface area contributed by atoms with Crippen LogP contribution in [0.15, 0.2) is 55.2 Å². The van der Waals surface area contributed by atoms with Crippen molar-refractivity contribution in [3.8, 4) is 0 Å². The summed E-state index contributed by atoms with van der Waals surface area (Å²) in [4.78, 5) is 16.1. The predicted octanol–water partition coefficient (Wildman–Crippen LogP) is 4.18. The van der Waals surface area contributed by atoms with Gasteiger partial charge in [0.25, 0.3) is 0 Å². The van der Waals surface area contributed by atoms with Crippen molar-refractivity contribution in [2.45, 2.75) is 26.2 Å². The molecule has 0 aliphatic carbocycles. The molecule has 4 nitrogen and oxygen atoms in total. The molecule has 0 aliphatic rings. The van der Waals surface area contributed by atoms with Crippen molar-refractivity contribution in [1.82, 2.24) is 19.9 Å². The first-order valence-corrected chi connectivity index (χ1v) is 8.63. The first kappa shape index (κ1) is 16.4. The molecule has 0 unspecified atom stereocenters. The first-order valence-electron chi connectivity index (χ1n) is 8.63. The van der Waals surface area contributed by atoms with E-state index in [9.17, 15) is 4.39 Å². The third-order valence-electron chi connectivity index (χ3n) is 4.47. The molecule has 0 atom stereocenters. The SMILES string of the molecule is Cc1cnc2[nH]cc(Cc3ccc(CCc4cncc(F)c4)nc3)c2c1. The maximum Gasteiger partial charge on any atom is 0.141 e. The maximum atomic E-state index is 13.2. The van der Waals surface area contributed by atoms with E-state index in [1.165, 1.54) is 17.8 Å². The molecule has 0 saturated heterocycles.